The van der Waals surface area contributed by atoms with Crippen molar-refractivity contribution in [1.82, 2.24) is 25.1 Å². The van der Waals surface area contributed by atoms with Crippen LogP contribution in [0.15, 0.2) is 66.7 Å². The first-order valence-electron chi connectivity index (χ1n) is 10.9. The number of carbonyl (C=O) groups is 1. The van der Waals surface area contributed by atoms with Crippen molar-refractivity contribution >= 4 is 33.5 Å². The molecule has 2 aromatic heterocycles. The van der Waals surface area contributed by atoms with E-state index in [9.17, 15) is 9.18 Å². The maximum atomic E-state index is 13.2. The van der Waals surface area contributed by atoms with E-state index in [2.05, 4.69) is 25.1 Å². The number of hydrogen-bond donors (Lipinski definition) is 2. The standard InChI is InChI=1S/C25H21FN6O/c26-17-6-8-18(9-7-17)31-11-13-32(14-12-31)25(33)16-5-10-20-19(15-16)23(30-29-20)24-27-21-3-1-2-4-22(21)28-24/h1-10,15H,11-14H2,(H,27,28)(H,29,30). The van der Waals surface area contributed by atoms with Gasteiger partial charge in [0.2, 0.25) is 0 Å². The van der Waals surface area contributed by atoms with Crippen LogP contribution < -0.4 is 4.90 Å². The van der Waals surface area contributed by atoms with Gasteiger partial charge in [-0.1, -0.05) is 12.1 Å². The highest BCUT2D eigenvalue weighted by atomic mass is 19.1. The number of aromatic amines is 2. The van der Waals surface area contributed by atoms with E-state index < -0.39 is 0 Å². The number of hydrogen-bond acceptors (Lipinski definition) is 4. The average Bonchev–Trinajstić information content (AvgIpc) is 3.47. The fraction of sp³-hybridized carbons (Fsp3) is 0.160. The summed E-state index contributed by atoms with van der Waals surface area (Å²) in [5.74, 6) is 0.414. The van der Waals surface area contributed by atoms with E-state index in [1.807, 2.05) is 47.4 Å². The average molecular weight is 440 g/mol. The highest BCUT2D eigenvalue weighted by Gasteiger charge is 2.23. The van der Waals surface area contributed by atoms with E-state index in [1.165, 1.54) is 12.1 Å². The lowest BCUT2D eigenvalue weighted by Crippen LogP contribution is -2.48. The summed E-state index contributed by atoms with van der Waals surface area (Å²) in [6, 6.07) is 19.9. The van der Waals surface area contributed by atoms with Crippen molar-refractivity contribution < 1.29 is 9.18 Å². The number of amides is 1. The molecule has 33 heavy (non-hydrogen) atoms. The highest BCUT2D eigenvalue weighted by molar-refractivity contribution is 6.01. The Bertz CT molecular complexity index is 1430. The Hall–Kier alpha value is -4.20. The first-order chi connectivity index (χ1) is 16.2. The third-order valence-electron chi connectivity index (χ3n) is 6.18. The van der Waals surface area contributed by atoms with Gasteiger partial charge < -0.3 is 14.8 Å². The summed E-state index contributed by atoms with van der Waals surface area (Å²) in [6.45, 7) is 2.62. The molecule has 2 N–H and O–H groups in total. The minimum atomic E-state index is -0.246. The Kier molecular flexibility index (Phi) is 4.57. The lowest BCUT2D eigenvalue weighted by molar-refractivity contribution is 0.0747. The number of benzene rings is 3. The van der Waals surface area contributed by atoms with Crippen LogP contribution in [0.5, 0.6) is 0 Å². The van der Waals surface area contributed by atoms with E-state index in [4.69, 9.17) is 0 Å². The number of halogens is 1. The second-order valence-corrected chi connectivity index (χ2v) is 8.19. The summed E-state index contributed by atoms with van der Waals surface area (Å²) >= 11 is 0. The van der Waals surface area contributed by atoms with Gasteiger partial charge in [0.05, 0.1) is 16.6 Å². The number of imidazole rings is 1. The second-order valence-electron chi connectivity index (χ2n) is 8.19. The Balaban J connectivity index is 1.24. The summed E-state index contributed by atoms with van der Waals surface area (Å²) in [5, 5.41) is 8.33. The van der Waals surface area contributed by atoms with Crippen LogP contribution in [0.1, 0.15) is 10.4 Å². The Morgan fingerprint density at radius 1 is 0.909 bits per heavy atom. The number of para-hydroxylation sites is 2. The second kappa shape index (κ2) is 7.74. The van der Waals surface area contributed by atoms with Crippen molar-refractivity contribution in [2.45, 2.75) is 0 Å². The van der Waals surface area contributed by atoms with Gasteiger partial charge in [0, 0.05) is 42.8 Å². The molecule has 0 radical (unpaired) electrons. The van der Waals surface area contributed by atoms with Gasteiger partial charge in [-0.2, -0.15) is 5.10 Å². The molecule has 1 amide bonds. The van der Waals surface area contributed by atoms with Crippen LogP contribution in [0.3, 0.4) is 0 Å². The zero-order chi connectivity index (χ0) is 22.4. The van der Waals surface area contributed by atoms with E-state index in [0.29, 0.717) is 43.3 Å². The number of H-pyrrole nitrogens is 2. The van der Waals surface area contributed by atoms with Crippen LogP contribution in [0.4, 0.5) is 10.1 Å². The molecule has 0 spiro atoms. The Morgan fingerprint density at radius 3 is 2.48 bits per heavy atom. The summed E-state index contributed by atoms with van der Waals surface area (Å²) < 4.78 is 13.2. The molecular formula is C25H21FN6O. The number of nitrogens with zero attached hydrogens (tertiary/aromatic N) is 4. The first-order valence-corrected chi connectivity index (χ1v) is 10.9. The van der Waals surface area contributed by atoms with Crippen molar-refractivity contribution in [3.8, 4) is 11.5 Å². The maximum absolute atomic E-state index is 13.2. The largest absolute Gasteiger partial charge is 0.368 e. The third-order valence-corrected chi connectivity index (χ3v) is 6.18. The molecule has 0 atom stereocenters. The van der Waals surface area contributed by atoms with Crippen molar-refractivity contribution in [3.63, 3.8) is 0 Å². The van der Waals surface area contributed by atoms with Gasteiger partial charge in [0.25, 0.3) is 5.91 Å². The molecule has 3 aromatic carbocycles. The van der Waals surface area contributed by atoms with E-state index in [1.54, 1.807) is 12.1 Å². The molecule has 164 valence electrons. The van der Waals surface area contributed by atoms with E-state index in [-0.39, 0.29) is 11.7 Å². The van der Waals surface area contributed by atoms with Crippen molar-refractivity contribution in [3.05, 3.63) is 78.1 Å². The molecule has 1 fully saturated rings. The number of aromatic nitrogens is 4. The van der Waals surface area contributed by atoms with Crippen LogP contribution in [-0.2, 0) is 0 Å². The molecule has 5 aromatic rings. The summed E-state index contributed by atoms with van der Waals surface area (Å²) in [4.78, 5) is 25.2. The number of piperazine rings is 1. The van der Waals surface area contributed by atoms with Gasteiger partial charge in [-0.15, -0.1) is 0 Å². The molecule has 0 unspecified atom stereocenters. The predicted molar refractivity (Wildman–Crippen MR) is 126 cm³/mol. The third kappa shape index (κ3) is 3.49. The number of nitrogens with one attached hydrogen (secondary N) is 2. The van der Waals surface area contributed by atoms with Gasteiger partial charge in [0.1, 0.15) is 11.5 Å². The molecule has 3 heterocycles. The number of fused-ring (bicyclic) bond motifs is 2. The Labute approximate surface area is 188 Å². The summed E-state index contributed by atoms with van der Waals surface area (Å²) in [6.07, 6.45) is 0. The van der Waals surface area contributed by atoms with E-state index >= 15 is 0 Å². The summed E-state index contributed by atoms with van der Waals surface area (Å²) in [7, 11) is 0. The number of carbonyl (C=O) groups excluding carboxylic acids is 1. The van der Waals surface area contributed by atoms with Crippen LogP contribution in [-0.4, -0.2) is 57.2 Å². The molecule has 1 aliphatic heterocycles. The topological polar surface area (TPSA) is 80.9 Å². The fourth-order valence-corrected chi connectivity index (χ4v) is 4.39. The lowest BCUT2D eigenvalue weighted by Gasteiger charge is -2.36. The minimum absolute atomic E-state index is 0.00703. The monoisotopic (exact) mass is 440 g/mol. The van der Waals surface area contributed by atoms with Crippen LogP contribution >= 0.6 is 0 Å². The zero-order valence-electron chi connectivity index (χ0n) is 17.8. The number of anilines is 1. The molecule has 0 saturated carbocycles. The quantitative estimate of drug-likeness (QED) is 0.441. The molecule has 8 heteroatoms. The molecule has 0 bridgehead atoms. The Morgan fingerprint density at radius 2 is 1.70 bits per heavy atom. The van der Waals surface area contributed by atoms with Crippen molar-refractivity contribution in [1.29, 1.82) is 0 Å². The minimum Gasteiger partial charge on any atom is -0.368 e. The lowest BCUT2D eigenvalue weighted by atomic mass is 10.1. The van der Waals surface area contributed by atoms with Crippen molar-refractivity contribution in [2.75, 3.05) is 31.1 Å². The molecule has 1 aliphatic rings. The van der Waals surface area contributed by atoms with Gasteiger partial charge in [-0.25, -0.2) is 9.37 Å². The van der Waals surface area contributed by atoms with Gasteiger partial charge in [0.15, 0.2) is 5.82 Å². The summed E-state index contributed by atoms with van der Waals surface area (Å²) in [5.41, 5.74) is 4.94. The smallest absolute Gasteiger partial charge is 0.253 e. The zero-order valence-corrected chi connectivity index (χ0v) is 17.8. The van der Waals surface area contributed by atoms with Crippen LogP contribution in [0.2, 0.25) is 0 Å². The van der Waals surface area contributed by atoms with Crippen molar-refractivity contribution in [2.24, 2.45) is 0 Å². The fourth-order valence-electron chi connectivity index (χ4n) is 4.39. The maximum Gasteiger partial charge on any atom is 0.253 e. The first kappa shape index (κ1) is 19.5. The molecule has 6 rings (SSSR count). The van der Waals surface area contributed by atoms with Gasteiger partial charge >= 0.3 is 0 Å². The van der Waals surface area contributed by atoms with Gasteiger partial charge in [-0.05, 0) is 54.6 Å². The van der Waals surface area contributed by atoms with Crippen LogP contribution in [0.25, 0.3) is 33.5 Å². The normalized spacial score (nSPS) is 14.3. The number of rotatable bonds is 3. The molecular weight excluding hydrogens is 419 g/mol. The molecule has 1 saturated heterocycles. The van der Waals surface area contributed by atoms with Crippen LogP contribution in [0, 0.1) is 5.82 Å². The highest BCUT2D eigenvalue weighted by Crippen LogP contribution is 2.27. The molecule has 7 nitrogen and oxygen atoms in total. The van der Waals surface area contributed by atoms with Gasteiger partial charge in [-0.3, -0.25) is 9.89 Å². The SMILES string of the molecule is O=C(c1ccc2[nH]nc(-c3nc4ccccc4[nH]3)c2c1)N1CCN(c2ccc(F)cc2)CC1. The molecule has 0 aliphatic carbocycles. The van der Waals surface area contributed by atoms with E-state index in [0.717, 1.165) is 27.6 Å². The predicted octanol–water partition coefficient (Wildman–Crippen LogP) is 4.21.